The van der Waals surface area contributed by atoms with E-state index in [0.29, 0.717) is 41.1 Å². The smallest absolute Gasteiger partial charge is 0.261 e. The van der Waals surface area contributed by atoms with Crippen molar-refractivity contribution in [3.05, 3.63) is 38.4 Å². The number of nitrogens with one attached hydrogen (secondary N) is 1. The Labute approximate surface area is 275 Å². The largest absolute Gasteiger partial charge is 0.494 e. The summed E-state index contributed by atoms with van der Waals surface area (Å²) in [6.45, 7) is 10.2. The first-order chi connectivity index (χ1) is 21.3. The van der Waals surface area contributed by atoms with Crippen molar-refractivity contribution in [1.29, 1.82) is 5.41 Å². The van der Waals surface area contributed by atoms with Crippen molar-refractivity contribution >= 4 is 82.9 Å². The monoisotopic (exact) mass is 666 g/mol. The van der Waals surface area contributed by atoms with Crippen molar-refractivity contribution in [2.45, 2.75) is 90.5 Å². The lowest BCUT2D eigenvalue weighted by atomic mass is 9.98. The van der Waals surface area contributed by atoms with Crippen LogP contribution in [-0.4, -0.2) is 32.1 Å². The quantitative estimate of drug-likeness (QED) is 0.133. The molecule has 2 aliphatic heterocycles. The topological polar surface area (TPSA) is 95.3 Å². The number of aromatic nitrogens is 1. The molecule has 4 aromatic heterocycles. The predicted molar refractivity (Wildman–Crippen MR) is 191 cm³/mol. The molecule has 6 nitrogen and oxygen atoms in total. The van der Waals surface area contributed by atoms with E-state index in [4.69, 9.17) is 11.1 Å². The molecular weight excluding hydrogens is 625 g/mol. The molecule has 2 atom stereocenters. The van der Waals surface area contributed by atoms with E-state index in [-0.39, 0.29) is 11.8 Å². The van der Waals surface area contributed by atoms with Gasteiger partial charge in [-0.3, -0.25) is 10.2 Å². The van der Waals surface area contributed by atoms with Crippen LogP contribution in [0.1, 0.15) is 95.0 Å². The Morgan fingerprint density at radius 1 is 0.909 bits per heavy atom. The van der Waals surface area contributed by atoms with Crippen LogP contribution in [0, 0.1) is 17.2 Å². The van der Waals surface area contributed by atoms with Gasteiger partial charge in [0, 0.05) is 31.9 Å². The highest BCUT2D eigenvalue weighted by atomic mass is 32.2. The van der Waals surface area contributed by atoms with Crippen LogP contribution in [0.4, 0.5) is 5.00 Å². The fourth-order valence-electron chi connectivity index (χ4n) is 6.55. The lowest BCUT2D eigenvalue weighted by molar-refractivity contribution is 0.0829. The second-order valence-corrected chi connectivity index (χ2v) is 16.4. The third kappa shape index (κ3) is 5.67. The molecule has 0 aromatic carbocycles. The van der Waals surface area contributed by atoms with Crippen LogP contribution in [0.2, 0.25) is 0 Å². The summed E-state index contributed by atoms with van der Waals surface area (Å²) in [7, 11) is 0. The molecule has 0 fully saturated rings. The molecule has 4 N–H and O–H groups in total. The van der Waals surface area contributed by atoms with E-state index in [0.717, 1.165) is 96.0 Å². The van der Waals surface area contributed by atoms with Crippen LogP contribution in [0.5, 0.6) is 5.88 Å². The number of rotatable bonds is 13. The molecule has 4 aromatic rings. The van der Waals surface area contributed by atoms with E-state index in [1.165, 1.54) is 11.8 Å². The van der Waals surface area contributed by atoms with Crippen molar-refractivity contribution in [1.82, 2.24) is 9.47 Å². The van der Waals surface area contributed by atoms with Gasteiger partial charge in [0.05, 0.1) is 42.0 Å². The second-order valence-electron chi connectivity index (χ2n) is 12.1. The SMILES string of the molecule is CCCCC(CC)CN1C(=O)c2c(c(O)n(CC(CC)CCCC)c2-c2cc3sc(N)cc3s2)C1=c1cc2c(s1)=CC(=N)S2. The molecule has 0 saturated carbocycles. The number of hydrogen-bond donors (Lipinski definition) is 3. The summed E-state index contributed by atoms with van der Waals surface area (Å²) in [6.07, 6.45) is 10.6. The summed E-state index contributed by atoms with van der Waals surface area (Å²) in [5.41, 5.74) is 9.12. The Hall–Kier alpha value is -2.53. The summed E-state index contributed by atoms with van der Waals surface area (Å²) in [5.74, 6) is 0.973. The number of carbonyl (C=O) groups is 1. The number of amides is 1. The average molecular weight is 667 g/mol. The van der Waals surface area contributed by atoms with Gasteiger partial charge in [0.15, 0.2) is 0 Å². The number of carbonyl (C=O) groups excluding carboxylic acids is 1. The fraction of sp³-hybridized carbons (Fsp3) is 0.471. The Kier molecular flexibility index (Phi) is 9.34. The summed E-state index contributed by atoms with van der Waals surface area (Å²) in [4.78, 5) is 18.8. The van der Waals surface area contributed by atoms with Gasteiger partial charge in [-0.25, -0.2) is 0 Å². The number of hydrogen-bond acceptors (Lipinski definition) is 8. The van der Waals surface area contributed by atoms with Gasteiger partial charge in [0.2, 0.25) is 5.88 Å². The third-order valence-corrected chi connectivity index (χ3v) is 13.3. The van der Waals surface area contributed by atoms with Crippen molar-refractivity contribution in [2.24, 2.45) is 11.8 Å². The van der Waals surface area contributed by atoms with E-state index in [1.807, 2.05) is 17.0 Å². The lowest BCUT2D eigenvalue weighted by Gasteiger charge is -2.26. The molecule has 0 radical (unpaired) electrons. The summed E-state index contributed by atoms with van der Waals surface area (Å²) < 4.78 is 6.32. The molecule has 234 valence electrons. The molecule has 10 heteroatoms. The zero-order valence-electron chi connectivity index (χ0n) is 26.0. The van der Waals surface area contributed by atoms with Crippen LogP contribution < -0.4 is 14.8 Å². The van der Waals surface area contributed by atoms with Gasteiger partial charge in [-0.2, -0.15) is 0 Å². The number of anilines is 1. The lowest BCUT2D eigenvalue weighted by Crippen LogP contribution is -2.32. The first kappa shape index (κ1) is 31.5. The molecule has 1 amide bonds. The van der Waals surface area contributed by atoms with Crippen LogP contribution >= 0.6 is 45.8 Å². The maximum atomic E-state index is 14.8. The molecule has 6 rings (SSSR count). The fourth-order valence-corrected chi connectivity index (χ4v) is 11.0. The number of nitrogens with zero attached hydrogens (tertiary/aromatic N) is 2. The number of nitrogen functional groups attached to an aromatic ring is 1. The third-order valence-electron chi connectivity index (χ3n) is 9.07. The maximum absolute atomic E-state index is 14.8. The van der Waals surface area contributed by atoms with Crippen molar-refractivity contribution in [2.75, 3.05) is 12.3 Å². The summed E-state index contributed by atoms with van der Waals surface area (Å²) >= 11 is 6.31. The standard InChI is InChI=1S/C34H42N4O2S4/c1-5-9-11-19(7-3)17-37-31(25-13-21-23(41-25)15-27(35)43-21)29-30(33(37)39)32(26-14-22-24(42-26)16-28(36)44-22)38(34(29)40)18-20(8-4)12-10-6-2/h13-16,19-20,35,40H,5-12,17-18,36H2,1-4H3. The van der Waals surface area contributed by atoms with E-state index in [9.17, 15) is 9.90 Å². The number of nitrogens with two attached hydrogens (primary N) is 1. The molecule has 0 bridgehead atoms. The zero-order chi connectivity index (χ0) is 31.1. The molecule has 0 aliphatic carbocycles. The molecule has 44 heavy (non-hydrogen) atoms. The van der Waals surface area contributed by atoms with Gasteiger partial charge in [-0.1, -0.05) is 78.0 Å². The average Bonchev–Trinajstić information content (AvgIpc) is 3.81. The highest BCUT2D eigenvalue weighted by molar-refractivity contribution is 8.15. The zero-order valence-corrected chi connectivity index (χ0v) is 29.3. The molecule has 2 unspecified atom stereocenters. The molecule has 6 heterocycles. The molecule has 2 aliphatic rings. The maximum Gasteiger partial charge on any atom is 0.261 e. The van der Waals surface area contributed by atoms with Crippen LogP contribution in [0.15, 0.2) is 23.1 Å². The second kappa shape index (κ2) is 13.1. The Morgan fingerprint density at radius 2 is 1.59 bits per heavy atom. The number of thiophene rings is 3. The summed E-state index contributed by atoms with van der Waals surface area (Å²) in [6, 6.07) is 6.29. The van der Waals surface area contributed by atoms with Gasteiger partial charge in [-0.15, -0.1) is 34.0 Å². The van der Waals surface area contributed by atoms with Gasteiger partial charge in [0.25, 0.3) is 5.91 Å². The van der Waals surface area contributed by atoms with E-state index < -0.39 is 0 Å². The number of unbranched alkanes of at least 4 members (excludes halogenated alkanes) is 2. The van der Waals surface area contributed by atoms with Gasteiger partial charge in [-0.05, 0) is 49.0 Å². The Morgan fingerprint density at radius 3 is 2.23 bits per heavy atom. The van der Waals surface area contributed by atoms with Gasteiger partial charge >= 0.3 is 0 Å². The first-order valence-electron chi connectivity index (χ1n) is 16.0. The Balaban J connectivity index is 1.58. The van der Waals surface area contributed by atoms with E-state index >= 15 is 0 Å². The normalized spacial score (nSPS) is 17.0. The van der Waals surface area contributed by atoms with Gasteiger partial charge < -0.3 is 20.3 Å². The van der Waals surface area contributed by atoms with Crippen LogP contribution in [0.25, 0.3) is 31.7 Å². The van der Waals surface area contributed by atoms with Crippen LogP contribution in [-0.2, 0) is 6.54 Å². The number of aromatic hydroxyl groups is 1. The molecule has 0 saturated heterocycles. The first-order valence-corrected chi connectivity index (χ1v) is 19.2. The predicted octanol–water partition coefficient (Wildman–Crippen LogP) is 8.69. The van der Waals surface area contributed by atoms with Gasteiger partial charge in [0.1, 0.15) is 0 Å². The van der Waals surface area contributed by atoms with Crippen molar-refractivity contribution in [3.8, 4) is 16.5 Å². The number of thioether (sulfide) groups is 1. The van der Waals surface area contributed by atoms with E-state index in [2.05, 4.69) is 44.4 Å². The minimum atomic E-state index is -0.00944. The highest BCUT2D eigenvalue weighted by Crippen LogP contribution is 2.49. The summed E-state index contributed by atoms with van der Waals surface area (Å²) in [5, 5.41) is 21.7. The van der Waals surface area contributed by atoms with Crippen LogP contribution in [0.3, 0.4) is 0 Å². The Bertz CT molecular complexity index is 1810. The molecular formula is C34H42N4O2S4. The number of fused-ring (bicyclic) bond motifs is 3. The highest BCUT2D eigenvalue weighted by Gasteiger charge is 2.43. The minimum Gasteiger partial charge on any atom is -0.494 e. The van der Waals surface area contributed by atoms with Crippen molar-refractivity contribution < 1.29 is 9.90 Å². The molecule has 0 spiro atoms. The van der Waals surface area contributed by atoms with E-state index in [1.54, 1.807) is 34.0 Å². The van der Waals surface area contributed by atoms with Crippen molar-refractivity contribution in [3.63, 3.8) is 0 Å². The minimum absolute atomic E-state index is 0.00944.